The third kappa shape index (κ3) is 3.76. The van der Waals surface area contributed by atoms with Crippen LogP contribution in [0.25, 0.3) is 0 Å². The summed E-state index contributed by atoms with van der Waals surface area (Å²) in [6, 6.07) is 4.85. The van der Waals surface area contributed by atoms with Gasteiger partial charge in [0.05, 0.1) is 17.6 Å². The highest BCUT2D eigenvalue weighted by Crippen LogP contribution is 2.48. The van der Waals surface area contributed by atoms with E-state index in [-0.39, 0.29) is 11.7 Å². The van der Waals surface area contributed by atoms with Crippen LogP contribution in [0.3, 0.4) is 0 Å². The van der Waals surface area contributed by atoms with Crippen LogP contribution in [0.5, 0.6) is 5.75 Å². The van der Waals surface area contributed by atoms with Gasteiger partial charge in [0.25, 0.3) is 0 Å². The van der Waals surface area contributed by atoms with Gasteiger partial charge in [-0.3, -0.25) is 4.79 Å². The molecule has 0 aromatic heterocycles. The molecule has 138 valence electrons. The average Bonchev–Trinajstić information content (AvgIpc) is 3.09. The van der Waals surface area contributed by atoms with Gasteiger partial charge in [0.2, 0.25) is 0 Å². The molecule has 7 heteroatoms. The van der Waals surface area contributed by atoms with E-state index in [1.165, 1.54) is 12.1 Å². The van der Waals surface area contributed by atoms with E-state index in [1.54, 1.807) is 0 Å². The second-order valence-corrected chi connectivity index (χ2v) is 7.01. The Hall–Kier alpha value is -1.76. The largest absolute Gasteiger partial charge is 0.494 e. The molecule has 1 aromatic rings. The van der Waals surface area contributed by atoms with Gasteiger partial charge in [-0.1, -0.05) is 12.5 Å². The zero-order chi connectivity index (χ0) is 18.1. The molecule has 1 heterocycles. The molecule has 1 aliphatic carbocycles. The summed E-state index contributed by atoms with van der Waals surface area (Å²) in [6.07, 6.45) is -1.05. The van der Waals surface area contributed by atoms with Crippen molar-refractivity contribution in [2.75, 3.05) is 26.2 Å². The van der Waals surface area contributed by atoms with Crippen molar-refractivity contribution in [3.05, 3.63) is 29.8 Å². The number of carbonyl (C=O) groups is 1. The maximum Gasteiger partial charge on any atom is 0.416 e. The standard InChI is InChI=1S/C18H22F3NO3/c19-18(20,21)13-4-1-6-15(10-13)25-9-3-8-22-11-14-5-2-7-17(14,12-22)16(23)24/h1,4,6,10,14H,2-3,5,7-9,11-12H2,(H,23,24)/t14-,17+/m0/s1. The van der Waals surface area contributed by atoms with Crippen LogP contribution in [0, 0.1) is 11.3 Å². The number of fused-ring (bicyclic) bond motifs is 1. The molecule has 1 aliphatic heterocycles. The maximum atomic E-state index is 12.7. The second kappa shape index (κ2) is 6.86. The fraction of sp³-hybridized carbons (Fsp3) is 0.611. The number of likely N-dealkylation sites (tertiary alicyclic amines) is 1. The summed E-state index contributed by atoms with van der Waals surface area (Å²) in [6.45, 7) is 2.36. The van der Waals surface area contributed by atoms with E-state index in [0.29, 0.717) is 26.1 Å². The summed E-state index contributed by atoms with van der Waals surface area (Å²) < 4.78 is 43.4. The first-order chi connectivity index (χ1) is 11.8. The van der Waals surface area contributed by atoms with Crippen LogP contribution in [0.1, 0.15) is 31.2 Å². The number of rotatable bonds is 6. The van der Waals surface area contributed by atoms with Gasteiger partial charge in [-0.2, -0.15) is 13.2 Å². The Morgan fingerprint density at radius 2 is 2.20 bits per heavy atom. The third-order valence-corrected chi connectivity index (χ3v) is 5.42. The first-order valence-electron chi connectivity index (χ1n) is 8.57. The molecule has 0 spiro atoms. The third-order valence-electron chi connectivity index (χ3n) is 5.42. The van der Waals surface area contributed by atoms with Crippen molar-refractivity contribution in [3.8, 4) is 5.75 Å². The number of halogens is 3. The van der Waals surface area contributed by atoms with E-state index in [9.17, 15) is 23.1 Å². The highest BCUT2D eigenvalue weighted by Gasteiger charge is 2.54. The lowest BCUT2D eigenvalue weighted by Gasteiger charge is -2.23. The Bertz CT molecular complexity index is 634. The van der Waals surface area contributed by atoms with Crippen molar-refractivity contribution >= 4 is 5.97 Å². The quantitative estimate of drug-likeness (QED) is 0.790. The highest BCUT2D eigenvalue weighted by atomic mass is 19.4. The van der Waals surface area contributed by atoms with Crippen LogP contribution in [-0.2, 0) is 11.0 Å². The minimum atomic E-state index is -4.38. The van der Waals surface area contributed by atoms with E-state index in [0.717, 1.165) is 37.9 Å². The van der Waals surface area contributed by atoms with Crippen LogP contribution in [-0.4, -0.2) is 42.2 Å². The van der Waals surface area contributed by atoms with Crippen LogP contribution in [0.4, 0.5) is 13.2 Å². The number of carboxylic acid groups (broad SMARTS) is 1. The van der Waals surface area contributed by atoms with Gasteiger partial charge in [-0.05, 0) is 43.4 Å². The minimum Gasteiger partial charge on any atom is -0.494 e. The van der Waals surface area contributed by atoms with Gasteiger partial charge in [-0.15, -0.1) is 0 Å². The Balaban J connectivity index is 1.46. The van der Waals surface area contributed by atoms with Crippen molar-refractivity contribution in [2.45, 2.75) is 31.9 Å². The molecule has 2 fully saturated rings. The van der Waals surface area contributed by atoms with E-state index >= 15 is 0 Å². The molecule has 0 amide bonds. The van der Waals surface area contributed by atoms with Crippen LogP contribution < -0.4 is 4.74 Å². The molecular formula is C18H22F3NO3. The summed E-state index contributed by atoms with van der Waals surface area (Å²) in [5, 5.41) is 9.56. The number of alkyl halides is 3. The molecule has 1 saturated heterocycles. The number of aliphatic carboxylic acids is 1. The summed E-state index contributed by atoms with van der Waals surface area (Å²) in [7, 11) is 0. The molecular weight excluding hydrogens is 335 g/mol. The molecule has 0 radical (unpaired) electrons. The molecule has 2 aliphatic rings. The summed E-state index contributed by atoms with van der Waals surface area (Å²) in [5.41, 5.74) is -1.32. The topological polar surface area (TPSA) is 49.8 Å². The molecule has 4 nitrogen and oxygen atoms in total. The summed E-state index contributed by atoms with van der Waals surface area (Å²) in [4.78, 5) is 13.8. The molecule has 25 heavy (non-hydrogen) atoms. The Morgan fingerprint density at radius 3 is 2.88 bits per heavy atom. The van der Waals surface area contributed by atoms with Crippen LogP contribution >= 0.6 is 0 Å². The van der Waals surface area contributed by atoms with Crippen molar-refractivity contribution in [1.82, 2.24) is 4.90 Å². The van der Waals surface area contributed by atoms with Crippen molar-refractivity contribution in [2.24, 2.45) is 11.3 Å². The Labute approximate surface area is 144 Å². The van der Waals surface area contributed by atoms with Gasteiger partial charge in [0, 0.05) is 19.6 Å². The molecule has 1 aromatic carbocycles. The molecule has 1 N–H and O–H groups in total. The minimum absolute atomic E-state index is 0.204. The van der Waals surface area contributed by atoms with E-state index in [1.807, 2.05) is 0 Å². The number of hydrogen-bond donors (Lipinski definition) is 1. The lowest BCUT2D eigenvalue weighted by Crippen LogP contribution is -2.36. The van der Waals surface area contributed by atoms with E-state index < -0.39 is 23.1 Å². The van der Waals surface area contributed by atoms with Gasteiger partial charge < -0.3 is 14.7 Å². The Kier molecular flexibility index (Phi) is 4.95. The number of ether oxygens (including phenoxy) is 1. The SMILES string of the molecule is O=C(O)[C@@]12CCC[C@H]1CN(CCCOc1cccc(C(F)(F)F)c1)C2. The summed E-state index contributed by atoms with van der Waals surface area (Å²) in [5.74, 6) is -0.276. The van der Waals surface area contributed by atoms with E-state index in [4.69, 9.17) is 4.74 Å². The van der Waals surface area contributed by atoms with Gasteiger partial charge >= 0.3 is 12.1 Å². The van der Waals surface area contributed by atoms with Gasteiger partial charge in [0.1, 0.15) is 5.75 Å². The van der Waals surface area contributed by atoms with Gasteiger partial charge in [0.15, 0.2) is 0 Å². The van der Waals surface area contributed by atoms with Crippen molar-refractivity contribution in [3.63, 3.8) is 0 Å². The molecule has 0 bridgehead atoms. The molecule has 2 atom stereocenters. The number of benzene rings is 1. The lowest BCUT2D eigenvalue weighted by atomic mass is 9.81. The zero-order valence-corrected chi connectivity index (χ0v) is 13.9. The first kappa shape index (κ1) is 18.0. The Morgan fingerprint density at radius 1 is 1.40 bits per heavy atom. The number of hydrogen-bond acceptors (Lipinski definition) is 3. The zero-order valence-electron chi connectivity index (χ0n) is 13.9. The predicted octanol–water partition coefficient (Wildman–Crippen LogP) is 3.66. The van der Waals surface area contributed by atoms with Crippen LogP contribution in [0.2, 0.25) is 0 Å². The average molecular weight is 357 g/mol. The summed E-state index contributed by atoms with van der Waals surface area (Å²) >= 11 is 0. The van der Waals surface area contributed by atoms with E-state index in [2.05, 4.69) is 4.90 Å². The monoisotopic (exact) mass is 357 g/mol. The second-order valence-electron chi connectivity index (χ2n) is 7.01. The smallest absolute Gasteiger partial charge is 0.416 e. The molecule has 3 rings (SSSR count). The van der Waals surface area contributed by atoms with Gasteiger partial charge in [-0.25, -0.2) is 0 Å². The van der Waals surface area contributed by atoms with Crippen molar-refractivity contribution < 1.29 is 27.8 Å². The van der Waals surface area contributed by atoms with Crippen LogP contribution in [0.15, 0.2) is 24.3 Å². The predicted molar refractivity (Wildman–Crippen MR) is 85.4 cm³/mol. The van der Waals surface area contributed by atoms with Crippen molar-refractivity contribution in [1.29, 1.82) is 0 Å². The fourth-order valence-corrected chi connectivity index (χ4v) is 4.15. The normalized spacial score (nSPS) is 26.6. The number of carboxylic acids is 1. The molecule has 0 unspecified atom stereocenters. The highest BCUT2D eigenvalue weighted by molar-refractivity contribution is 5.76. The maximum absolute atomic E-state index is 12.7. The molecule has 1 saturated carbocycles. The number of nitrogens with zero attached hydrogens (tertiary/aromatic N) is 1. The lowest BCUT2D eigenvalue weighted by molar-refractivity contribution is -0.149. The first-order valence-corrected chi connectivity index (χ1v) is 8.57. The fourth-order valence-electron chi connectivity index (χ4n) is 4.15.